The molecule has 2 heterocycles. The van der Waals surface area contributed by atoms with Crippen LogP contribution < -0.4 is 10.1 Å². The third-order valence-electron chi connectivity index (χ3n) is 4.48. The van der Waals surface area contributed by atoms with Crippen LogP contribution in [0.5, 0.6) is 5.75 Å². The highest BCUT2D eigenvalue weighted by molar-refractivity contribution is 9.10. The minimum absolute atomic E-state index is 0.0200. The number of ether oxygens (including phenoxy) is 1. The second kappa shape index (κ2) is 7.40. The molecule has 0 saturated heterocycles. The van der Waals surface area contributed by atoms with E-state index < -0.39 is 0 Å². The van der Waals surface area contributed by atoms with Gasteiger partial charge in [0.1, 0.15) is 11.6 Å². The van der Waals surface area contributed by atoms with Gasteiger partial charge in [-0.2, -0.15) is 5.10 Å². The van der Waals surface area contributed by atoms with Gasteiger partial charge < -0.3 is 10.1 Å². The molecular weight excluding hydrogens is 426 g/mol. The zero-order valence-electron chi connectivity index (χ0n) is 14.9. The van der Waals surface area contributed by atoms with Gasteiger partial charge >= 0.3 is 0 Å². The van der Waals surface area contributed by atoms with Crippen molar-refractivity contribution in [3.05, 3.63) is 69.8 Å². The lowest BCUT2D eigenvalue weighted by Crippen LogP contribution is -2.15. The Kier molecular flexibility index (Phi) is 4.97. The fourth-order valence-electron chi connectivity index (χ4n) is 3.23. The van der Waals surface area contributed by atoms with Crippen molar-refractivity contribution in [2.24, 2.45) is 0 Å². The van der Waals surface area contributed by atoms with E-state index in [9.17, 15) is 4.79 Å². The molecule has 0 saturated carbocycles. The van der Waals surface area contributed by atoms with Crippen LogP contribution in [0.2, 0.25) is 0 Å². The standard InChI is InChI=1S/C20H18BrN3O2S/c1-12-18-19(13-4-3-5-14(21)10-13)27-11-17(25)22-20(18)24(23-12)15-6-8-16(26-2)9-7-15/h3-10,19H,11H2,1-2H3,(H,22,25)/t19-/m0/s1. The van der Waals surface area contributed by atoms with Crippen molar-refractivity contribution in [2.75, 3.05) is 18.2 Å². The number of nitrogens with one attached hydrogen (secondary N) is 1. The summed E-state index contributed by atoms with van der Waals surface area (Å²) in [5, 5.41) is 7.81. The van der Waals surface area contributed by atoms with Crippen molar-refractivity contribution in [2.45, 2.75) is 12.2 Å². The van der Waals surface area contributed by atoms with Crippen LogP contribution in [0.15, 0.2) is 53.0 Å². The van der Waals surface area contributed by atoms with E-state index >= 15 is 0 Å². The number of aromatic nitrogens is 2. The minimum Gasteiger partial charge on any atom is -0.497 e. The molecule has 0 aliphatic carbocycles. The molecule has 0 unspecified atom stereocenters. The SMILES string of the molecule is COc1ccc(-n2nc(C)c3c2NC(=O)CS[C@H]3c2cccc(Br)c2)cc1. The van der Waals surface area contributed by atoms with Crippen molar-refractivity contribution < 1.29 is 9.53 Å². The monoisotopic (exact) mass is 443 g/mol. The summed E-state index contributed by atoms with van der Waals surface area (Å²) in [5.74, 6) is 1.89. The zero-order chi connectivity index (χ0) is 19.0. The molecule has 7 heteroatoms. The first kappa shape index (κ1) is 18.1. The highest BCUT2D eigenvalue weighted by atomic mass is 79.9. The number of hydrogen-bond acceptors (Lipinski definition) is 4. The predicted octanol–water partition coefficient (Wildman–Crippen LogP) is 4.73. The maximum absolute atomic E-state index is 12.4. The van der Waals surface area contributed by atoms with Crippen LogP contribution in [0.1, 0.15) is 22.1 Å². The highest BCUT2D eigenvalue weighted by Gasteiger charge is 2.30. The molecule has 1 N–H and O–H groups in total. The fraction of sp³-hybridized carbons (Fsp3) is 0.200. The Bertz CT molecular complexity index is 1000. The van der Waals surface area contributed by atoms with E-state index in [0.29, 0.717) is 5.75 Å². The number of amides is 1. The Morgan fingerprint density at radius 1 is 1.26 bits per heavy atom. The molecule has 1 aliphatic rings. The third-order valence-corrected chi connectivity index (χ3v) is 6.24. The summed E-state index contributed by atoms with van der Waals surface area (Å²) >= 11 is 5.17. The highest BCUT2D eigenvalue weighted by Crippen LogP contribution is 2.44. The number of anilines is 1. The summed E-state index contributed by atoms with van der Waals surface area (Å²) in [4.78, 5) is 12.4. The quantitative estimate of drug-likeness (QED) is 0.635. The molecule has 138 valence electrons. The summed E-state index contributed by atoms with van der Waals surface area (Å²) < 4.78 is 8.06. The number of benzene rings is 2. The van der Waals surface area contributed by atoms with Crippen LogP contribution >= 0.6 is 27.7 Å². The summed E-state index contributed by atoms with van der Waals surface area (Å²) in [7, 11) is 1.64. The molecule has 2 aromatic carbocycles. The Hall–Kier alpha value is -2.25. The molecule has 1 aromatic heterocycles. The Morgan fingerprint density at radius 2 is 2.04 bits per heavy atom. The fourth-order valence-corrected chi connectivity index (χ4v) is 4.82. The number of methoxy groups -OCH3 is 1. The smallest absolute Gasteiger partial charge is 0.235 e. The zero-order valence-corrected chi connectivity index (χ0v) is 17.3. The summed E-state index contributed by atoms with van der Waals surface area (Å²) in [5.41, 5.74) is 3.96. The molecule has 4 rings (SSSR count). The predicted molar refractivity (Wildman–Crippen MR) is 112 cm³/mol. The minimum atomic E-state index is -0.0200. The van der Waals surface area contributed by atoms with Crippen molar-refractivity contribution in [3.8, 4) is 11.4 Å². The van der Waals surface area contributed by atoms with Crippen molar-refractivity contribution in [3.63, 3.8) is 0 Å². The van der Waals surface area contributed by atoms with Crippen molar-refractivity contribution in [1.82, 2.24) is 9.78 Å². The van der Waals surface area contributed by atoms with E-state index in [-0.39, 0.29) is 11.2 Å². The van der Waals surface area contributed by atoms with Gasteiger partial charge in [-0.15, -0.1) is 11.8 Å². The lowest BCUT2D eigenvalue weighted by Gasteiger charge is -2.15. The van der Waals surface area contributed by atoms with E-state index in [2.05, 4.69) is 33.4 Å². The number of carbonyl (C=O) groups is 1. The molecular formula is C20H18BrN3O2S. The Morgan fingerprint density at radius 3 is 2.74 bits per heavy atom. The van der Waals surface area contributed by atoms with Crippen LogP contribution in [-0.4, -0.2) is 28.6 Å². The van der Waals surface area contributed by atoms with E-state index in [1.54, 1.807) is 23.6 Å². The molecule has 0 radical (unpaired) electrons. The number of fused-ring (bicyclic) bond motifs is 1. The number of rotatable bonds is 3. The number of hydrogen-bond donors (Lipinski definition) is 1. The first-order valence-corrected chi connectivity index (χ1v) is 10.3. The van der Waals surface area contributed by atoms with Crippen LogP contribution in [0.3, 0.4) is 0 Å². The van der Waals surface area contributed by atoms with Gasteiger partial charge in [0.25, 0.3) is 0 Å². The first-order chi connectivity index (χ1) is 13.1. The third kappa shape index (κ3) is 3.49. The van der Waals surface area contributed by atoms with Crippen LogP contribution in [0.25, 0.3) is 5.69 Å². The van der Waals surface area contributed by atoms with Gasteiger partial charge in [-0.05, 0) is 48.9 Å². The first-order valence-electron chi connectivity index (χ1n) is 8.47. The van der Waals surface area contributed by atoms with Gasteiger partial charge in [-0.1, -0.05) is 28.1 Å². The molecule has 0 bridgehead atoms. The molecule has 27 heavy (non-hydrogen) atoms. The van der Waals surface area contributed by atoms with Gasteiger partial charge in [0.15, 0.2) is 0 Å². The number of nitrogens with zero attached hydrogens (tertiary/aromatic N) is 2. The van der Waals surface area contributed by atoms with Crippen LogP contribution in [0, 0.1) is 6.92 Å². The van der Waals surface area contributed by atoms with Crippen LogP contribution in [-0.2, 0) is 4.79 Å². The normalized spacial score (nSPS) is 16.4. The lowest BCUT2D eigenvalue weighted by atomic mass is 10.0. The van der Waals surface area contributed by atoms with Crippen molar-refractivity contribution in [1.29, 1.82) is 0 Å². The molecule has 1 atom stereocenters. The van der Waals surface area contributed by atoms with Gasteiger partial charge in [0.2, 0.25) is 5.91 Å². The van der Waals surface area contributed by atoms with Gasteiger partial charge in [-0.25, -0.2) is 4.68 Å². The second-order valence-corrected chi connectivity index (χ2v) is 8.26. The van der Waals surface area contributed by atoms with E-state index in [1.807, 2.05) is 43.3 Å². The second-order valence-electron chi connectivity index (χ2n) is 6.25. The molecule has 5 nitrogen and oxygen atoms in total. The largest absolute Gasteiger partial charge is 0.497 e. The Balaban J connectivity index is 1.86. The number of thioether (sulfide) groups is 1. The van der Waals surface area contributed by atoms with Gasteiger partial charge in [0.05, 0.1) is 29.5 Å². The van der Waals surface area contributed by atoms with E-state index in [1.165, 1.54) is 0 Å². The topological polar surface area (TPSA) is 56.1 Å². The summed E-state index contributed by atoms with van der Waals surface area (Å²) in [6, 6.07) is 15.8. The van der Waals surface area contributed by atoms with Gasteiger partial charge in [-0.3, -0.25) is 4.79 Å². The number of halogens is 1. The van der Waals surface area contributed by atoms with E-state index in [4.69, 9.17) is 9.84 Å². The molecule has 0 fully saturated rings. The summed E-state index contributed by atoms with van der Waals surface area (Å²) in [6.45, 7) is 1.99. The molecule has 1 aliphatic heterocycles. The molecule has 1 amide bonds. The van der Waals surface area contributed by atoms with E-state index in [0.717, 1.165) is 38.5 Å². The van der Waals surface area contributed by atoms with Crippen LogP contribution in [0.4, 0.5) is 5.82 Å². The lowest BCUT2D eigenvalue weighted by molar-refractivity contribution is -0.113. The average Bonchev–Trinajstić information content (AvgIpc) is 2.87. The van der Waals surface area contributed by atoms with Crippen molar-refractivity contribution >= 4 is 39.4 Å². The maximum Gasteiger partial charge on any atom is 0.235 e. The van der Waals surface area contributed by atoms with Gasteiger partial charge in [0, 0.05) is 10.0 Å². The maximum atomic E-state index is 12.4. The Labute approximate surface area is 170 Å². The number of aryl methyl sites for hydroxylation is 1. The molecule has 0 spiro atoms. The number of carbonyl (C=O) groups excluding carboxylic acids is 1. The molecule has 3 aromatic rings. The average molecular weight is 444 g/mol. The summed E-state index contributed by atoms with van der Waals surface area (Å²) in [6.07, 6.45) is 0.